The van der Waals surface area contributed by atoms with Gasteiger partial charge in [-0.3, -0.25) is 4.79 Å². The maximum atomic E-state index is 11.8. The lowest BCUT2D eigenvalue weighted by atomic mass is 10.1. The molecule has 0 saturated heterocycles. The first-order valence-corrected chi connectivity index (χ1v) is 5.09. The van der Waals surface area contributed by atoms with Crippen LogP contribution < -0.4 is 5.32 Å². The van der Waals surface area contributed by atoms with Gasteiger partial charge in [-0.05, 0) is 18.2 Å². The van der Waals surface area contributed by atoms with E-state index in [0.29, 0.717) is 5.56 Å². The summed E-state index contributed by atoms with van der Waals surface area (Å²) < 4.78 is 0. The topological polar surface area (TPSA) is 92.2 Å². The minimum Gasteiger partial charge on any atom is -0.478 e. The van der Waals surface area contributed by atoms with E-state index in [1.165, 1.54) is 30.6 Å². The van der Waals surface area contributed by atoms with E-state index in [0.717, 1.165) is 0 Å². The SMILES string of the molecule is O=C(Nc1ccccc1C(=O)O)c1ccnnc1. The highest BCUT2D eigenvalue weighted by molar-refractivity contribution is 6.07. The Hall–Kier alpha value is -2.76. The molecule has 6 nitrogen and oxygen atoms in total. The maximum absolute atomic E-state index is 11.8. The third-order valence-electron chi connectivity index (χ3n) is 2.25. The van der Waals surface area contributed by atoms with Crippen molar-refractivity contribution in [2.75, 3.05) is 5.32 Å². The molecular formula is C12H9N3O3. The number of carboxylic acid groups (broad SMARTS) is 1. The first kappa shape index (κ1) is 11.7. The van der Waals surface area contributed by atoms with Gasteiger partial charge in [-0.2, -0.15) is 10.2 Å². The van der Waals surface area contributed by atoms with Crippen molar-refractivity contribution in [3.8, 4) is 0 Å². The fraction of sp³-hybridized carbons (Fsp3) is 0. The molecule has 0 radical (unpaired) electrons. The van der Waals surface area contributed by atoms with E-state index in [9.17, 15) is 9.59 Å². The van der Waals surface area contributed by atoms with Crippen molar-refractivity contribution < 1.29 is 14.7 Å². The third-order valence-corrected chi connectivity index (χ3v) is 2.25. The largest absolute Gasteiger partial charge is 0.478 e. The van der Waals surface area contributed by atoms with Gasteiger partial charge in [0.05, 0.1) is 29.2 Å². The molecule has 2 aromatic rings. The summed E-state index contributed by atoms with van der Waals surface area (Å²) in [5.74, 6) is -1.53. The molecule has 0 aliphatic heterocycles. The van der Waals surface area contributed by atoms with Crippen molar-refractivity contribution in [2.24, 2.45) is 0 Å². The van der Waals surface area contributed by atoms with E-state index in [-0.39, 0.29) is 11.3 Å². The average Bonchev–Trinajstić information content (AvgIpc) is 2.40. The molecule has 0 saturated carbocycles. The predicted molar refractivity (Wildman–Crippen MR) is 63.4 cm³/mol. The van der Waals surface area contributed by atoms with E-state index in [1.807, 2.05) is 0 Å². The van der Waals surface area contributed by atoms with Crippen LogP contribution in [0.25, 0.3) is 0 Å². The Labute approximate surface area is 102 Å². The van der Waals surface area contributed by atoms with Gasteiger partial charge in [-0.15, -0.1) is 0 Å². The van der Waals surface area contributed by atoms with Gasteiger partial charge < -0.3 is 10.4 Å². The summed E-state index contributed by atoms with van der Waals surface area (Å²) in [7, 11) is 0. The summed E-state index contributed by atoms with van der Waals surface area (Å²) in [6, 6.07) is 7.67. The number of aromatic carboxylic acids is 1. The zero-order valence-electron chi connectivity index (χ0n) is 9.20. The van der Waals surface area contributed by atoms with Crippen LogP contribution in [0.1, 0.15) is 20.7 Å². The highest BCUT2D eigenvalue weighted by Gasteiger charge is 2.12. The molecule has 0 atom stereocenters. The lowest BCUT2D eigenvalue weighted by Crippen LogP contribution is -2.15. The second-order valence-electron chi connectivity index (χ2n) is 3.44. The van der Waals surface area contributed by atoms with Gasteiger partial charge in [0, 0.05) is 0 Å². The van der Waals surface area contributed by atoms with Crippen molar-refractivity contribution >= 4 is 17.6 Å². The molecule has 2 rings (SSSR count). The number of amides is 1. The number of rotatable bonds is 3. The second kappa shape index (κ2) is 5.05. The van der Waals surface area contributed by atoms with Crippen LogP contribution in [0, 0.1) is 0 Å². The Bertz CT molecular complexity index is 584. The molecule has 6 heteroatoms. The Morgan fingerprint density at radius 3 is 2.56 bits per heavy atom. The summed E-state index contributed by atoms with van der Waals surface area (Å²) in [4.78, 5) is 22.8. The van der Waals surface area contributed by atoms with Crippen LogP contribution in [0.5, 0.6) is 0 Å². The first-order valence-electron chi connectivity index (χ1n) is 5.09. The molecule has 1 aromatic heterocycles. The highest BCUT2D eigenvalue weighted by Crippen LogP contribution is 2.15. The number of carboxylic acids is 1. The number of carbonyl (C=O) groups is 2. The standard InChI is InChI=1S/C12H9N3O3/c16-11(8-5-6-13-14-7-8)15-10-4-2-1-3-9(10)12(17)18/h1-7H,(H,15,16)(H,17,18). The summed E-state index contributed by atoms with van der Waals surface area (Å²) in [5, 5.41) is 18.6. The molecule has 1 aromatic carbocycles. The fourth-order valence-electron chi connectivity index (χ4n) is 1.40. The van der Waals surface area contributed by atoms with E-state index >= 15 is 0 Å². The molecule has 90 valence electrons. The molecule has 0 spiro atoms. The monoisotopic (exact) mass is 243 g/mol. The number of hydrogen-bond acceptors (Lipinski definition) is 4. The number of para-hydroxylation sites is 1. The normalized spacial score (nSPS) is 9.78. The Morgan fingerprint density at radius 1 is 1.11 bits per heavy atom. The zero-order chi connectivity index (χ0) is 13.0. The summed E-state index contributed by atoms with van der Waals surface area (Å²) in [5.41, 5.74) is 0.588. The molecule has 0 bridgehead atoms. The second-order valence-corrected chi connectivity index (χ2v) is 3.44. The zero-order valence-corrected chi connectivity index (χ0v) is 9.20. The maximum Gasteiger partial charge on any atom is 0.337 e. The van der Waals surface area contributed by atoms with Crippen LogP contribution in [-0.4, -0.2) is 27.2 Å². The number of aromatic nitrogens is 2. The molecule has 0 aliphatic rings. The van der Waals surface area contributed by atoms with Crippen LogP contribution in [-0.2, 0) is 0 Å². The van der Waals surface area contributed by atoms with Gasteiger partial charge in [-0.25, -0.2) is 4.79 Å². The van der Waals surface area contributed by atoms with Gasteiger partial charge in [0.2, 0.25) is 0 Å². The molecular weight excluding hydrogens is 234 g/mol. The quantitative estimate of drug-likeness (QED) is 0.850. The minimum absolute atomic E-state index is 0.0351. The number of nitrogens with one attached hydrogen (secondary N) is 1. The van der Waals surface area contributed by atoms with Crippen LogP contribution in [0.3, 0.4) is 0 Å². The molecule has 18 heavy (non-hydrogen) atoms. The van der Waals surface area contributed by atoms with Gasteiger partial charge in [0.25, 0.3) is 5.91 Å². The van der Waals surface area contributed by atoms with Crippen LogP contribution in [0.15, 0.2) is 42.7 Å². The molecule has 0 fully saturated rings. The predicted octanol–water partition coefficient (Wildman–Crippen LogP) is 1.43. The number of hydrogen-bond donors (Lipinski definition) is 2. The van der Waals surface area contributed by atoms with E-state index in [1.54, 1.807) is 12.1 Å². The summed E-state index contributed by atoms with van der Waals surface area (Å²) in [6.07, 6.45) is 2.69. The summed E-state index contributed by atoms with van der Waals surface area (Å²) >= 11 is 0. The molecule has 1 heterocycles. The van der Waals surface area contributed by atoms with Gasteiger partial charge in [0.15, 0.2) is 0 Å². The lowest BCUT2D eigenvalue weighted by molar-refractivity contribution is 0.0698. The molecule has 0 aliphatic carbocycles. The fourth-order valence-corrected chi connectivity index (χ4v) is 1.40. The van der Waals surface area contributed by atoms with Crippen LogP contribution in [0.4, 0.5) is 5.69 Å². The lowest BCUT2D eigenvalue weighted by Gasteiger charge is -2.07. The van der Waals surface area contributed by atoms with Crippen molar-refractivity contribution in [1.82, 2.24) is 10.2 Å². The molecule has 1 amide bonds. The van der Waals surface area contributed by atoms with Crippen molar-refractivity contribution in [3.63, 3.8) is 0 Å². The number of nitrogens with zero attached hydrogens (tertiary/aromatic N) is 2. The number of benzene rings is 1. The molecule has 0 unspecified atom stereocenters. The average molecular weight is 243 g/mol. The van der Waals surface area contributed by atoms with Gasteiger partial charge in [0.1, 0.15) is 0 Å². The van der Waals surface area contributed by atoms with Gasteiger partial charge in [-0.1, -0.05) is 12.1 Å². The van der Waals surface area contributed by atoms with Crippen LogP contribution >= 0.6 is 0 Å². The Kier molecular flexibility index (Phi) is 3.29. The summed E-state index contributed by atoms with van der Waals surface area (Å²) in [6.45, 7) is 0. The van der Waals surface area contributed by atoms with Crippen molar-refractivity contribution in [1.29, 1.82) is 0 Å². The first-order chi connectivity index (χ1) is 8.68. The van der Waals surface area contributed by atoms with Crippen molar-refractivity contribution in [2.45, 2.75) is 0 Å². The number of anilines is 1. The minimum atomic E-state index is -1.10. The van der Waals surface area contributed by atoms with E-state index in [4.69, 9.17) is 5.11 Å². The number of carbonyl (C=O) groups excluding carboxylic acids is 1. The smallest absolute Gasteiger partial charge is 0.337 e. The van der Waals surface area contributed by atoms with Crippen LogP contribution in [0.2, 0.25) is 0 Å². The highest BCUT2D eigenvalue weighted by atomic mass is 16.4. The van der Waals surface area contributed by atoms with E-state index < -0.39 is 11.9 Å². The van der Waals surface area contributed by atoms with Crippen molar-refractivity contribution in [3.05, 3.63) is 53.9 Å². The van der Waals surface area contributed by atoms with E-state index in [2.05, 4.69) is 15.5 Å². The third kappa shape index (κ3) is 2.49. The van der Waals surface area contributed by atoms with Gasteiger partial charge >= 0.3 is 5.97 Å². The molecule has 2 N–H and O–H groups in total. The Balaban J connectivity index is 2.25. The Morgan fingerprint density at radius 2 is 1.89 bits per heavy atom.